The lowest BCUT2D eigenvalue weighted by atomic mass is 10.0. The molecule has 0 aliphatic heterocycles. The minimum Gasteiger partial charge on any atom is -0.355 e. The number of benzene rings is 3. The molecule has 0 saturated carbocycles. The van der Waals surface area contributed by atoms with Gasteiger partial charge in [0.1, 0.15) is 11.9 Å². The molecule has 33 heavy (non-hydrogen) atoms. The van der Waals surface area contributed by atoms with Crippen LogP contribution in [0.15, 0.2) is 72.8 Å². The standard InChI is InChI=1S/C26H25Cl2FN2O2/c1-2-30-26(33)24(15-18-8-4-3-5-9-18)31(17-19-10-6-11-20(27)14-19)25(32)16-21-22(28)12-7-13-23(21)29/h3-14,24H,2,15-17H2,1H3,(H,30,33). The molecule has 4 nitrogen and oxygen atoms in total. The third-order valence-corrected chi connectivity index (χ3v) is 5.84. The number of halogens is 3. The number of amides is 2. The van der Waals surface area contributed by atoms with Crippen LogP contribution in [0.1, 0.15) is 23.6 Å². The van der Waals surface area contributed by atoms with Crippen molar-refractivity contribution in [2.24, 2.45) is 0 Å². The summed E-state index contributed by atoms with van der Waals surface area (Å²) in [7, 11) is 0. The van der Waals surface area contributed by atoms with Crippen molar-refractivity contribution in [3.8, 4) is 0 Å². The highest BCUT2D eigenvalue weighted by molar-refractivity contribution is 6.31. The second kappa shape index (κ2) is 11.8. The molecule has 0 bridgehead atoms. The van der Waals surface area contributed by atoms with Gasteiger partial charge in [0.05, 0.1) is 6.42 Å². The number of nitrogens with zero attached hydrogens (tertiary/aromatic N) is 1. The Morgan fingerprint density at radius 3 is 2.33 bits per heavy atom. The Bertz CT molecular complexity index is 1090. The Labute approximate surface area is 203 Å². The topological polar surface area (TPSA) is 49.4 Å². The molecule has 3 rings (SSSR count). The lowest BCUT2D eigenvalue weighted by molar-refractivity contribution is -0.140. The van der Waals surface area contributed by atoms with E-state index in [4.69, 9.17) is 23.2 Å². The SMILES string of the molecule is CCNC(=O)C(Cc1ccccc1)N(Cc1cccc(Cl)c1)C(=O)Cc1c(F)cccc1Cl. The van der Waals surface area contributed by atoms with E-state index in [9.17, 15) is 14.0 Å². The summed E-state index contributed by atoms with van der Waals surface area (Å²) in [5.41, 5.74) is 1.77. The van der Waals surface area contributed by atoms with Crippen molar-refractivity contribution in [3.63, 3.8) is 0 Å². The Balaban J connectivity index is 1.99. The normalized spacial score (nSPS) is 11.6. The summed E-state index contributed by atoms with van der Waals surface area (Å²) in [5, 5.41) is 3.52. The predicted octanol–water partition coefficient (Wildman–Crippen LogP) is 5.45. The zero-order valence-electron chi connectivity index (χ0n) is 18.2. The average molecular weight is 487 g/mol. The molecule has 0 aromatic heterocycles. The van der Waals surface area contributed by atoms with E-state index in [0.29, 0.717) is 18.0 Å². The van der Waals surface area contributed by atoms with E-state index < -0.39 is 17.8 Å². The Hall–Kier alpha value is -2.89. The maximum atomic E-state index is 14.4. The third-order valence-electron chi connectivity index (χ3n) is 5.25. The lowest BCUT2D eigenvalue weighted by Crippen LogP contribution is -2.51. The van der Waals surface area contributed by atoms with E-state index in [1.807, 2.05) is 43.3 Å². The van der Waals surface area contributed by atoms with Crippen molar-refractivity contribution in [1.29, 1.82) is 0 Å². The Kier molecular flexibility index (Phi) is 8.87. The highest BCUT2D eigenvalue weighted by Gasteiger charge is 2.31. The molecule has 0 radical (unpaired) electrons. The molecule has 0 spiro atoms. The second-order valence-corrected chi connectivity index (χ2v) is 8.47. The van der Waals surface area contributed by atoms with Gasteiger partial charge in [0, 0.05) is 35.1 Å². The molecule has 0 aliphatic rings. The smallest absolute Gasteiger partial charge is 0.243 e. The molecule has 3 aromatic carbocycles. The van der Waals surface area contributed by atoms with Crippen molar-refractivity contribution >= 4 is 35.0 Å². The lowest BCUT2D eigenvalue weighted by Gasteiger charge is -2.31. The first kappa shape index (κ1) is 24.7. The van der Waals surface area contributed by atoms with Gasteiger partial charge in [-0.15, -0.1) is 0 Å². The molecular weight excluding hydrogens is 462 g/mol. The van der Waals surface area contributed by atoms with Gasteiger partial charge >= 0.3 is 0 Å². The summed E-state index contributed by atoms with van der Waals surface area (Å²) in [5.74, 6) is -1.25. The van der Waals surface area contributed by atoms with Crippen molar-refractivity contribution in [2.45, 2.75) is 32.4 Å². The quantitative estimate of drug-likeness (QED) is 0.437. The van der Waals surface area contributed by atoms with Gasteiger partial charge in [-0.2, -0.15) is 0 Å². The zero-order chi connectivity index (χ0) is 23.8. The highest BCUT2D eigenvalue weighted by atomic mass is 35.5. The van der Waals surface area contributed by atoms with Gasteiger partial charge in [-0.3, -0.25) is 9.59 Å². The maximum absolute atomic E-state index is 14.4. The predicted molar refractivity (Wildman–Crippen MR) is 130 cm³/mol. The van der Waals surface area contributed by atoms with Crippen LogP contribution in [0.3, 0.4) is 0 Å². The fourth-order valence-electron chi connectivity index (χ4n) is 3.63. The summed E-state index contributed by atoms with van der Waals surface area (Å²) in [6.45, 7) is 2.38. The van der Waals surface area contributed by atoms with E-state index in [-0.39, 0.29) is 29.5 Å². The van der Waals surface area contributed by atoms with E-state index in [1.54, 1.807) is 24.3 Å². The largest absolute Gasteiger partial charge is 0.355 e. The number of hydrogen-bond donors (Lipinski definition) is 1. The van der Waals surface area contributed by atoms with Crippen molar-refractivity contribution in [3.05, 3.63) is 105 Å². The number of nitrogens with one attached hydrogen (secondary N) is 1. The zero-order valence-corrected chi connectivity index (χ0v) is 19.7. The number of carbonyl (C=O) groups is 2. The number of likely N-dealkylation sites (N-methyl/N-ethyl adjacent to an activating group) is 1. The van der Waals surface area contributed by atoms with E-state index in [1.165, 1.54) is 17.0 Å². The average Bonchev–Trinajstić information content (AvgIpc) is 2.79. The third kappa shape index (κ3) is 6.80. The van der Waals surface area contributed by atoms with Gasteiger partial charge in [0.25, 0.3) is 0 Å². The molecular formula is C26H25Cl2FN2O2. The van der Waals surface area contributed by atoms with Crippen molar-refractivity contribution < 1.29 is 14.0 Å². The van der Waals surface area contributed by atoms with Gasteiger partial charge in [-0.05, 0) is 42.3 Å². The van der Waals surface area contributed by atoms with Gasteiger partial charge in [0.15, 0.2) is 0 Å². The number of hydrogen-bond acceptors (Lipinski definition) is 2. The van der Waals surface area contributed by atoms with Crippen LogP contribution in [-0.4, -0.2) is 29.3 Å². The number of rotatable bonds is 9. The molecule has 1 unspecified atom stereocenters. The van der Waals surface area contributed by atoms with Gasteiger partial charge < -0.3 is 10.2 Å². The molecule has 3 aromatic rings. The van der Waals surface area contributed by atoms with Crippen LogP contribution in [0.5, 0.6) is 0 Å². The molecule has 172 valence electrons. The van der Waals surface area contributed by atoms with Crippen LogP contribution in [0.25, 0.3) is 0 Å². The van der Waals surface area contributed by atoms with Gasteiger partial charge in [0.2, 0.25) is 11.8 Å². The van der Waals surface area contributed by atoms with Crippen molar-refractivity contribution in [1.82, 2.24) is 10.2 Å². The van der Waals surface area contributed by atoms with Crippen LogP contribution in [0.4, 0.5) is 4.39 Å². The minimum absolute atomic E-state index is 0.106. The summed E-state index contributed by atoms with van der Waals surface area (Å²) in [4.78, 5) is 28.1. The van der Waals surface area contributed by atoms with E-state index in [2.05, 4.69) is 5.32 Å². The first-order chi connectivity index (χ1) is 15.9. The maximum Gasteiger partial charge on any atom is 0.243 e. The van der Waals surface area contributed by atoms with E-state index >= 15 is 0 Å². The fraction of sp³-hybridized carbons (Fsp3) is 0.231. The highest BCUT2D eigenvalue weighted by Crippen LogP contribution is 2.23. The summed E-state index contributed by atoms with van der Waals surface area (Å²) in [6, 6.07) is 20.1. The molecule has 0 aliphatic carbocycles. The molecule has 0 heterocycles. The van der Waals surface area contributed by atoms with Crippen LogP contribution in [0, 0.1) is 5.82 Å². The van der Waals surface area contributed by atoms with Crippen LogP contribution in [-0.2, 0) is 29.0 Å². The van der Waals surface area contributed by atoms with Crippen LogP contribution < -0.4 is 5.32 Å². The van der Waals surface area contributed by atoms with Crippen LogP contribution in [0.2, 0.25) is 10.0 Å². The summed E-state index contributed by atoms with van der Waals surface area (Å²) in [6.07, 6.45) is 0.0424. The van der Waals surface area contributed by atoms with Crippen LogP contribution >= 0.6 is 23.2 Å². The molecule has 0 fully saturated rings. The fourth-order valence-corrected chi connectivity index (χ4v) is 4.07. The summed E-state index contributed by atoms with van der Waals surface area (Å²) < 4.78 is 14.4. The summed E-state index contributed by atoms with van der Waals surface area (Å²) >= 11 is 12.3. The monoisotopic (exact) mass is 486 g/mol. The second-order valence-electron chi connectivity index (χ2n) is 7.63. The first-order valence-electron chi connectivity index (χ1n) is 10.7. The van der Waals surface area contributed by atoms with Gasteiger partial charge in [-0.25, -0.2) is 4.39 Å². The van der Waals surface area contributed by atoms with Crippen molar-refractivity contribution in [2.75, 3.05) is 6.54 Å². The number of carbonyl (C=O) groups excluding carboxylic acids is 2. The molecule has 1 atom stereocenters. The molecule has 0 saturated heterocycles. The molecule has 2 amide bonds. The molecule has 1 N–H and O–H groups in total. The van der Waals surface area contributed by atoms with E-state index in [0.717, 1.165) is 11.1 Å². The Morgan fingerprint density at radius 1 is 0.970 bits per heavy atom. The minimum atomic E-state index is -0.801. The Morgan fingerprint density at radius 2 is 1.67 bits per heavy atom. The van der Waals surface area contributed by atoms with Gasteiger partial charge in [-0.1, -0.05) is 71.7 Å². The molecule has 7 heteroatoms. The first-order valence-corrected chi connectivity index (χ1v) is 11.4.